The van der Waals surface area contributed by atoms with Gasteiger partial charge in [-0.2, -0.15) is 0 Å². The van der Waals surface area contributed by atoms with Gasteiger partial charge in [0.25, 0.3) is 0 Å². The molecule has 4 rings (SSSR count). The molecule has 144 valence electrons. The summed E-state index contributed by atoms with van der Waals surface area (Å²) in [5.41, 5.74) is 2.35. The molecule has 1 heterocycles. The molecule has 0 aliphatic heterocycles. The molecule has 1 aliphatic carbocycles. The van der Waals surface area contributed by atoms with Crippen LogP contribution in [0.2, 0.25) is 0 Å². The Hall–Kier alpha value is -2.66. The summed E-state index contributed by atoms with van der Waals surface area (Å²) in [6, 6.07) is 11.4. The van der Waals surface area contributed by atoms with Crippen LogP contribution < -0.4 is 0 Å². The van der Waals surface area contributed by atoms with Gasteiger partial charge >= 0.3 is 5.97 Å². The monoisotopic (exact) mass is 393 g/mol. The predicted molar refractivity (Wildman–Crippen MR) is 114 cm³/mol. The van der Waals surface area contributed by atoms with Crippen molar-refractivity contribution in [2.75, 3.05) is 6.61 Å². The molecule has 5 heteroatoms. The Morgan fingerprint density at radius 3 is 2.96 bits per heavy atom. The zero-order valence-electron chi connectivity index (χ0n) is 16.1. The quantitative estimate of drug-likeness (QED) is 0.460. The average molecular weight is 394 g/mol. The van der Waals surface area contributed by atoms with Crippen molar-refractivity contribution in [2.45, 2.75) is 33.1 Å². The van der Waals surface area contributed by atoms with Gasteiger partial charge in [0.1, 0.15) is 10.8 Å². The number of hydrogen-bond acceptors (Lipinski definition) is 5. The van der Waals surface area contributed by atoms with Crippen LogP contribution in [0.15, 0.2) is 41.4 Å². The van der Waals surface area contributed by atoms with Crippen molar-refractivity contribution < 1.29 is 14.6 Å². The first-order chi connectivity index (χ1) is 13.6. The molecule has 0 radical (unpaired) electrons. The van der Waals surface area contributed by atoms with E-state index in [-0.39, 0.29) is 11.7 Å². The number of fused-ring (bicyclic) bond motifs is 2. The van der Waals surface area contributed by atoms with E-state index in [0.717, 1.165) is 35.6 Å². The molecular formula is C23H23NO3S. The number of thiophene rings is 1. The summed E-state index contributed by atoms with van der Waals surface area (Å²) < 4.78 is 5.31. The molecular weight excluding hydrogens is 370 g/mol. The first-order valence-electron chi connectivity index (χ1n) is 9.65. The van der Waals surface area contributed by atoms with Crippen molar-refractivity contribution in [3.63, 3.8) is 0 Å². The first-order valence-corrected chi connectivity index (χ1v) is 10.5. The first kappa shape index (κ1) is 18.7. The maximum absolute atomic E-state index is 12.6. The smallest absolute Gasteiger partial charge is 0.341 e. The number of benzene rings is 2. The third-order valence-electron chi connectivity index (χ3n) is 5.23. The highest BCUT2D eigenvalue weighted by molar-refractivity contribution is 7.16. The molecule has 1 aliphatic rings. The lowest BCUT2D eigenvalue weighted by Gasteiger charge is -2.18. The lowest BCUT2D eigenvalue weighted by atomic mass is 9.88. The number of hydrogen-bond donors (Lipinski definition) is 1. The molecule has 1 atom stereocenters. The Bertz CT molecular complexity index is 1070. The van der Waals surface area contributed by atoms with Crippen molar-refractivity contribution in [2.24, 2.45) is 10.9 Å². The van der Waals surface area contributed by atoms with Crippen LogP contribution in [0.1, 0.15) is 46.6 Å². The second kappa shape index (κ2) is 7.76. The summed E-state index contributed by atoms with van der Waals surface area (Å²) in [7, 11) is 0. The minimum atomic E-state index is -0.302. The van der Waals surface area contributed by atoms with E-state index in [1.54, 1.807) is 23.6 Å². The normalized spacial score (nSPS) is 16.4. The van der Waals surface area contributed by atoms with Crippen molar-refractivity contribution in [3.8, 4) is 5.75 Å². The average Bonchev–Trinajstić information content (AvgIpc) is 3.04. The van der Waals surface area contributed by atoms with Gasteiger partial charge in [0.2, 0.25) is 0 Å². The Morgan fingerprint density at radius 2 is 2.14 bits per heavy atom. The van der Waals surface area contributed by atoms with E-state index >= 15 is 0 Å². The van der Waals surface area contributed by atoms with Crippen molar-refractivity contribution in [3.05, 3.63) is 58.0 Å². The molecule has 1 N–H and O–H groups in total. The van der Waals surface area contributed by atoms with Crippen LogP contribution in [0.25, 0.3) is 10.8 Å². The predicted octanol–water partition coefficient (Wildman–Crippen LogP) is 5.66. The van der Waals surface area contributed by atoms with E-state index in [1.807, 2.05) is 37.3 Å². The van der Waals surface area contributed by atoms with E-state index in [4.69, 9.17) is 4.74 Å². The zero-order chi connectivity index (χ0) is 19.7. The Morgan fingerprint density at radius 1 is 1.32 bits per heavy atom. The van der Waals surface area contributed by atoms with Crippen LogP contribution in [0, 0.1) is 5.92 Å². The Balaban J connectivity index is 1.80. The summed E-state index contributed by atoms with van der Waals surface area (Å²) in [6.45, 7) is 4.40. The van der Waals surface area contributed by atoms with Crippen LogP contribution in [-0.4, -0.2) is 23.9 Å². The van der Waals surface area contributed by atoms with Gasteiger partial charge in [-0.05, 0) is 54.5 Å². The molecule has 0 amide bonds. The zero-order valence-corrected chi connectivity index (χ0v) is 16.9. The molecule has 0 bridgehead atoms. The number of carbonyl (C=O) groups excluding carboxylic acids is 1. The molecule has 3 aromatic rings. The van der Waals surface area contributed by atoms with Gasteiger partial charge in [0.05, 0.1) is 12.2 Å². The SMILES string of the molecule is CCOC(=O)c1c(N=Cc2c(O)ccc3ccccc23)sc2c1CC[C@H](C)C2. The second-order valence-corrected chi connectivity index (χ2v) is 8.31. The van der Waals surface area contributed by atoms with Gasteiger partial charge in [0, 0.05) is 16.7 Å². The molecule has 0 saturated carbocycles. The van der Waals surface area contributed by atoms with Crippen LogP contribution in [0.4, 0.5) is 5.00 Å². The Kier molecular flexibility index (Phi) is 5.18. The fourth-order valence-corrected chi connectivity index (χ4v) is 5.13. The maximum Gasteiger partial charge on any atom is 0.341 e. The number of esters is 1. The third kappa shape index (κ3) is 3.42. The van der Waals surface area contributed by atoms with Gasteiger partial charge in [-0.15, -0.1) is 11.3 Å². The summed E-state index contributed by atoms with van der Waals surface area (Å²) in [4.78, 5) is 18.5. The van der Waals surface area contributed by atoms with E-state index in [0.29, 0.717) is 28.7 Å². The summed E-state index contributed by atoms with van der Waals surface area (Å²) in [6.07, 6.45) is 4.60. The van der Waals surface area contributed by atoms with Crippen LogP contribution >= 0.6 is 11.3 Å². The van der Waals surface area contributed by atoms with Crippen molar-refractivity contribution in [1.29, 1.82) is 0 Å². The number of aromatic hydroxyl groups is 1. The lowest BCUT2D eigenvalue weighted by Crippen LogP contribution is -2.13. The number of aliphatic imine (C=N–C) groups is 1. The largest absolute Gasteiger partial charge is 0.507 e. The molecule has 2 aromatic carbocycles. The van der Waals surface area contributed by atoms with Crippen LogP contribution in [0.3, 0.4) is 0 Å². The van der Waals surface area contributed by atoms with Crippen molar-refractivity contribution >= 4 is 39.3 Å². The topological polar surface area (TPSA) is 58.9 Å². The van der Waals surface area contributed by atoms with E-state index in [2.05, 4.69) is 11.9 Å². The maximum atomic E-state index is 12.6. The number of phenols is 1. The van der Waals surface area contributed by atoms with E-state index < -0.39 is 0 Å². The van der Waals surface area contributed by atoms with Crippen molar-refractivity contribution in [1.82, 2.24) is 0 Å². The number of carbonyl (C=O) groups is 1. The van der Waals surface area contributed by atoms with Crippen LogP contribution in [0.5, 0.6) is 5.75 Å². The third-order valence-corrected chi connectivity index (χ3v) is 6.39. The minimum Gasteiger partial charge on any atom is -0.507 e. The molecule has 0 saturated heterocycles. The number of ether oxygens (including phenoxy) is 1. The summed E-state index contributed by atoms with van der Waals surface area (Å²) in [5, 5.41) is 13.0. The minimum absolute atomic E-state index is 0.176. The number of phenolic OH excluding ortho intramolecular Hbond substituents is 1. The molecule has 28 heavy (non-hydrogen) atoms. The van der Waals surface area contributed by atoms with E-state index in [9.17, 15) is 9.90 Å². The molecule has 4 nitrogen and oxygen atoms in total. The number of nitrogens with zero attached hydrogens (tertiary/aromatic N) is 1. The highest BCUT2D eigenvalue weighted by Crippen LogP contribution is 2.41. The van der Waals surface area contributed by atoms with E-state index in [1.165, 1.54) is 4.88 Å². The molecule has 1 aromatic heterocycles. The van der Waals surface area contributed by atoms with Gasteiger partial charge in [-0.25, -0.2) is 9.79 Å². The highest BCUT2D eigenvalue weighted by atomic mass is 32.1. The number of rotatable bonds is 4. The van der Waals surface area contributed by atoms with Gasteiger partial charge in [-0.1, -0.05) is 37.3 Å². The highest BCUT2D eigenvalue weighted by Gasteiger charge is 2.28. The van der Waals surface area contributed by atoms with Gasteiger partial charge < -0.3 is 9.84 Å². The lowest BCUT2D eigenvalue weighted by molar-refractivity contribution is 0.0526. The van der Waals surface area contributed by atoms with Gasteiger partial charge in [0.15, 0.2) is 0 Å². The molecule has 0 unspecified atom stereocenters. The molecule has 0 spiro atoms. The second-order valence-electron chi connectivity index (χ2n) is 7.23. The summed E-state index contributed by atoms with van der Waals surface area (Å²) in [5.74, 6) is 0.485. The van der Waals surface area contributed by atoms with Gasteiger partial charge in [-0.3, -0.25) is 0 Å². The fraction of sp³-hybridized carbons (Fsp3) is 0.304. The standard InChI is InChI=1S/C23H23NO3S/c1-3-27-23(26)21-17-10-8-14(2)12-20(17)28-22(21)24-13-18-16-7-5-4-6-15(16)9-11-19(18)25/h4-7,9,11,13-14,25H,3,8,10,12H2,1-2H3/t14-/m0/s1. The fourth-order valence-electron chi connectivity index (χ4n) is 3.78. The van der Waals surface area contributed by atoms with Crippen LogP contribution in [-0.2, 0) is 17.6 Å². The molecule has 0 fully saturated rings. The summed E-state index contributed by atoms with van der Waals surface area (Å²) >= 11 is 1.57. The Labute approximate surface area is 168 Å².